The average Bonchev–Trinajstić information content (AvgIpc) is 3.00. The lowest BCUT2D eigenvalue weighted by Gasteiger charge is -2.10. The maximum absolute atomic E-state index is 11.4. The van der Waals surface area contributed by atoms with Crippen LogP contribution in [0.25, 0.3) is 11.4 Å². The van der Waals surface area contributed by atoms with Crippen molar-refractivity contribution in [2.45, 2.75) is 11.7 Å². The zero-order valence-corrected chi connectivity index (χ0v) is 14.2. The fraction of sp³-hybridized carbons (Fsp3) is 0.400. The van der Waals surface area contributed by atoms with Gasteiger partial charge in [-0.25, -0.2) is 0 Å². The van der Waals surface area contributed by atoms with Gasteiger partial charge in [0.05, 0.1) is 26.0 Å². The molecule has 1 aromatic heterocycles. The fourth-order valence-electron chi connectivity index (χ4n) is 1.94. The summed E-state index contributed by atoms with van der Waals surface area (Å²) in [6, 6.07) is 7.61. The minimum atomic E-state index is -0.0534. The van der Waals surface area contributed by atoms with E-state index < -0.39 is 0 Å². The summed E-state index contributed by atoms with van der Waals surface area (Å²) < 4.78 is 12.3. The van der Waals surface area contributed by atoms with E-state index in [2.05, 4.69) is 15.5 Å². The van der Waals surface area contributed by atoms with E-state index >= 15 is 0 Å². The Hall–Kier alpha value is -2.06. The molecule has 7 nitrogen and oxygen atoms in total. The van der Waals surface area contributed by atoms with Crippen LogP contribution in [-0.4, -0.2) is 54.3 Å². The molecule has 1 amide bonds. The highest BCUT2D eigenvalue weighted by molar-refractivity contribution is 7.99. The summed E-state index contributed by atoms with van der Waals surface area (Å²) >= 11 is 1.35. The van der Waals surface area contributed by atoms with Crippen LogP contribution in [0.2, 0.25) is 0 Å². The Morgan fingerprint density at radius 2 is 2.00 bits per heavy atom. The maximum atomic E-state index is 11.4. The Morgan fingerprint density at radius 3 is 2.61 bits per heavy atom. The Balaban J connectivity index is 2.26. The average molecular weight is 336 g/mol. The van der Waals surface area contributed by atoms with Crippen LogP contribution in [0.15, 0.2) is 29.4 Å². The second-order valence-electron chi connectivity index (χ2n) is 4.64. The molecule has 0 aliphatic carbocycles. The van der Waals surface area contributed by atoms with Crippen LogP contribution < -0.4 is 10.1 Å². The molecule has 2 rings (SSSR count). The molecular weight excluding hydrogens is 316 g/mol. The molecule has 0 fully saturated rings. The van der Waals surface area contributed by atoms with Gasteiger partial charge in [-0.1, -0.05) is 11.8 Å². The van der Waals surface area contributed by atoms with E-state index in [1.165, 1.54) is 11.8 Å². The van der Waals surface area contributed by atoms with Gasteiger partial charge in [-0.15, -0.1) is 10.2 Å². The Kier molecular flexibility index (Phi) is 6.42. The fourth-order valence-corrected chi connectivity index (χ4v) is 2.77. The molecule has 124 valence electrons. The first kappa shape index (κ1) is 17.3. The molecule has 0 saturated heterocycles. The predicted octanol–water partition coefficient (Wildman–Crippen LogP) is 1.44. The first-order valence-corrected chi connectivity index (χ1v) is 8.08. The summed E-state index contributed by atoms with van der Waals surface area (Å²) in [5, 5.41) is 11.8. The Bertz CT molecular complexity index is 643. The first-order valence-electron chi connectivity index (χ1n) is 7.09. The second kappa shape index (κ2) is 8.54. The monoisotopic (exact) mass is 336 g/mol. The van der Waals surface area contributed by atoms with Gasteiger partial charge in [0.15, 0.2) is 11.0 Å². The van der Waals surface area contributed by atoms with Crippen LogP contribution in [-0.2, 0) is 16.1 Å². The van der Waals surface area contributed by atoms with E-state index in [4.69, 9.17) is 9.47 Å². The minimum absolute atomic E-state index is 0.0534. The van der Waals surface area contributed by atoms with Gasteiger partial charge in [-0.3, -0.25) is 9.36 Å². The molecule has 1 aromatic carbocycles. The number of thioether (sulfide) groups is 1. The number of benzene rings is 1. The number of nitrogens with zero attached hydrogens (tertiary/aromatic N) is 3. The number of ether oxygens (including phenoxy) is 2. The second-order valence-corrected chi connectivity index (χ2v) is 5.58. The van der Waals surface area contributed by atoms with E-state index in [9.17, 15) is 4.79 Å². The molecule has 8 heteroatoms. The van der Waals surface area contributed by atoms with Crippen LogP contribution in [0.4, 0.5) is 0 Å². The molecule has 0 aliphatic rings. The molecule has 0 saturated carbocycles. The number of hydrogen-bond acceptors (Lipinski definition) is 6. The highest BCUT2D eigenvalue weighted by Gasteiger charge is 2.15. The topological polar surface area (TPSA) is 78.3 Å². The summed E-state index contributed by atoms with van der Waals surface area (Å²) in [4.78, 5) is 11.4. The van der Waals surface area contributed by atoms with Crippen molar-refractivity contribution in [2.24, 2.45) is 0 Å². The number of amides is 1. The lowest BCUT2D eigenvalue weighted by Crippen LogP contribution is -2.20. The zero-order chi connectivity index (χ0) is 16.7. The van der Waals surface area contributed by atoms with Gasteiger partial charge in [0, 0.05) is 19.7 Å². The van der Waals surface area contributed by atoms with E-state index in [1.807, 2.05) is 28.8 Å². The van der Waals surface area contributed by atoms with Crippen molar-refractivity contribution in [1.29, 1.82) is 0 Å². The van der Waals surface area contributed by atoms with E-state index in [0.29, 0.717) is 24.1 Å². The van der Waals surface area contributed by atoms with Crippen LogP contribution in [0.3, 0.4) is 0 Å². The number of methoxy groups -OCH3 is 2. The predicted molar refractivity (Wildman–Crippen MR) is 88.7 cm³/mol. The van der Waals surface area contributed by atoms with Crippen molar-refractivity contribution in [3.63, 3.8) is 0 Å². The lowest BCUT2D eigenvalue weighted by atomic mass is 10.2. The Labute approximate surface area is 139 Å². The van der Waals surface area contributed by atoms with Crippen LogP contribution in [0.5, 0.6) is 5.75 Å². The number of aromatic nitrogens is 3. The number of rotatable bonds is 8. The molecule has 0 radical (unpaired) electrons. The molecular formula is C15H20N4O3S. The van der Waals surface area contributed by atoms with Gasteiger partial charge in [0.1, 0.15) is 5.75 Å². The van der Waals surface area contributed by atoms with Crippen molar-refractivity contribution in [2.75, 3.05) is 33.6 Å². The molecule has 1 heterocycles. The summed E-state index contributed by atoms with van der Waals surface area (Å²) in [6.45, 7) is 1.15. The lowest BCUT2D eigenvalue weighted by molar-refractivity contribution is -0.118. The highest BCUT2D eigenvalue weighted by Crippen LogP contribution is 2.25. The molecule has 0 spiro atoms. The summed E-state index contributed by atoms with van der Waals surface area (Å²) in [5.74, 6) is 1.77. The third-order valence-corrected chi connectivity index (χ3v) is 4.16. The first-order chi connectivity index (χ1) is 11.2. The van der Waals surface area contributed by atoms with Gasteiger partial charge in [-0.05, 0) is 24.3 Å². The van der Waals surface area contributed by atoms with Crippen molar-refractivity contribution in [1.82, 2.24) is 20.1 Å². The van der Waals surface area contributed by atoms with Crippen LogP contribution in [0, 0.1) is 0 Å². The molecule has 1 N–H and O–H groups in total. The maximum Gasteiger partial charge on any atom is 0.230 e. The molecule has 2 aromatic rings. The number of carbonyl (C=O) groups is 1. The van der Waals surface area contributed by atoms with Gasteiger partial charge >= 0.3 is 0 Å². The van der Waals surface area contributed by atoms with Crippen molar-refractivity contribution in [3.05, 3.63) is 24.3 Å². The third kappa shape index (κ3) is 4.46. The van der Waals surface area contributed by atoms with Gasteiger partial charge in [0.25, 0.3) is 0 Å². The van der Waals surface area contributed by atoms with Gasteiger partial charge in [-0.2, -0.15) is 0 Å². The molecule has 0 unspecified atom stereocenters. The standard InChI is InChI=1S/C15H20N4O3S/c1-16-13(20)10-23-15-18-17-14(19(15)8-9-21-2)11-4-6-12(22-3)7-5-11/h4-7H,8-10H2,1-3H3,(H,16,20). The minimum Gasteiger partial charge on any atom is -0.497 e. The van der Waals surface area contributed by atoms with Gasteiger partial charge < -0.3 is 14.8 Å². The van der Waals surface area contributed by atoms with E-state index in [-0.39, 0.29) is 5.91 Å². The Morgan fingerprint density at radius 1 is 1.26 bits per heavy atom. The molecule has 0 aliphatic heterocycles. The van der Waals surface area contributed by atoms with Crippen LogP contribution in [0.1, 0.15) is 0 Å². The summed E-state index contributed by atoms with van der Waals surface area (Å²) in [6.07, 6.45) is 0. The molecule has 0 atom stereocenters. The zero-order valence-electron chi connectivity index (χ0n) is 13.4. The largest absolute Gasteiger partial charge is 0.497 e. The van der Waals surface area contributed by atoms with Gasteiger partial charge in [0.2, 0.25) is 5.91 Å². The third-order valence-electron chi connectivity index (χ3n) is 3.20. The van der Waals surface area contributed by atoms with Crippen molar-refractivity contribution < 1.29 is 14.3 Å². The summed E-state index contributed by atoms with van der Waals surface area (Å²) in [5.41, 5.74) is 0.932. The number of hydrogen-bond donors (Lipinski definition) is 1. The number of nitrogens with one attached hydrogen (secondary N) is 1. The number of carbonyl (C=O) groups excluding carboxylic acids is 1. The van der Waals surface area contributed by atoms with Crippen molar-refractivity contribution in [3.8, 4) is 17.1 Å². The molecule has 23 heavy (non-hydrogen) atoms. The highest BCUT2D eigenvalue weighted by atomic mass is 32.2. The van der Waals surface area contributed by atoms with E-state index in [0.717, 1.165) is 17.1 Å². The summed E-state index contributed by atoms with van der Waals surface area (Å²) in [7, 11) is 4.89. The smallest absolute Gasteiger partial charge is 0.230 e. The van der Waals surface area contributed by atoms with E-state index in [1.54, 1.807) is 21.3 Å². The molecule has 0 bridgehead atoms. The SMILES string of the molecule is CNC(=O)CSc1nnc(-c2ccc(OC)cc2)n1CCOC. The van der Waals surface area contributed by atoms with Crippen LogP contribution >= 0.6 is 11.8 Å². The normalized spacial score (nSPS) is 10.6. The quantitative estimate of drug-likeness (QED) is 0.735. The van der Waals surface area contributed by atoms with Crippen molar-refractivity contribution >= 4 is 17.7 Å².